The zero-order valence-electron chi connectivity index (χ0n) is 15.7. The zero-order chi connectivity index (χ0) is 20.6. The van der Waals surface area contributed by atoms with E-state index >= 15 is 0 Å². The number of para-hydroxylation sites is 1. The Hall–Kier alpha value is -2.91. The molecule has 0 spiro atoms. The second-order valence-electron chi connectivity index (χ2n) is 6.64. The van der Waals surface area contributed by atoms with Crippen LogP contribution in [0.5, 0.6) is 5.75 Å². The predicted molar refractivity (Wildman–Crippen MR) is 104 cm³/mol. The lowest BCUT2D eigenvalue weighted by molar-refractivity contribution is 0.0668. The van der Waals surface area contributed by atoms with Crippen LogP contribution >= 0.6 is 0 Å². The van der Waals surface area contributed by atoms with Gasteiger partial charge in [0.15, 0.2) is 17.1 Å². The Morgan fingerprint density at radius 3 is 2.41 bits per heavy atom. The molecule has 0 bridgehead atoms. The Labute approximate surface area is 167 Å². The highest BCUT2D eigenvalue weighted by Gasteiger charge is 2.31. The first-order valence-electron chi connectivity index (χ1n) is 9.02. The lowest BCUT2D eigenvalue weighted by Crippen LogP contribution is -2.50. The molecule has 1 fully saturated rings. The van der Waals surface area contributed by atoms with Crippen molar-refractivity contribution in [2.45, 2.75) is 4.90 Å². The van der Waals surface area contributed by atoms with Crippen LogP contribution in [0.15, 0.2) is 57.8 Å². The molecule has 1 aromatic heterocycles. The molecule has 1 amide bonds. The first-order valence-corrected chi connectivity index (χ1v) is 10.5. The fourth-order valence-corrected chi connectivity index (χ4v) is 4.77. The number of amides is 1. The summed E-state index contributed by atoms with van der Waals surface area (Å²) in [7, 11) is -2.21. The fourth-order valence-electron chi connectivity index (χ4n) is 3.35. The molecule has 7 nitrogen and oxygen atoms in total. The van der Waals surface area contributed by atoms with Crippen molar-refractivity contribution in [3.8, 4) is 5.75 Å². The van der Waals surface area contributed by atoms with Crippen LogP contribution in [0.1, 0.15) is 10.6 Å². The van der Waals surface area contributed by atoms with Gasteiger partial charge in [0.05, 0.1) is 12.0 Å². The van der Waals surface area contributed by atoms with E-state index in [9.17, 15) is 17.6 Å². The number of sulfonamides is 1. The van der Waals surface area contributed by atoms with Gasteiger partial charge in [-0.2, -0.15) is 4.31 Å². The summed E-state index contributed by atoms with van der Waals surface area (Å²) in [5, 5.41) is 0.755. The standard InChI is InChI=1S/C20H19FN2O5S/c1-27-17-4-2-3-14-13-18(28-19(14)17)20(24)22-9-11-23(12-10-22)29(25,26)16-7-5-15(21)6-8-16/h2-8,13H,9-12H2,1H3. The zero-order valence-corrected chi connectivity index (χ0v) is 16.5. The third-order valence-electron chi connectivity index (χ3n) is 4.92. The second-order valence-corrected chi connectivity index (χ2v) is 8.58. The summed E-state index contributed by atoms with van der Waals surface area (Å²) in [5.41, 5.74) is 0.496. The molecule has 4 rings (SSSR count). The lowest BCUT2D eigenvalue weighted by atomic mass is 10.2. The summed E-state index contributed by atoms with van der Waals surface area (Å²) >= 11 is 0. The van der Waals surface area contributed by atoms with E-state index in [1.165, 1.54) is 23.5 Å². The molecule has 0 radical (unpaired) electrons. The minimum Gasteiger partial charge on any atom is -0.493 e. The number of fused-ring (bicyclic) bond motifs is 1. The van der Waals surface area contributed by atoms with Crippen LogP contribution in [0.25, 0.3) is 11.0 Å². The first kappa shape index (κ1) is 19.4. The fraction of sp³-hybridized carbons (Fsp3) is 0.250. The molecule has 9 heteroatoms. The minimum absolute atomic E-state index is 0.0306. The average Bonchev–Trinajstić information content (AvgIpc) is 3.18. The summed E-state index contributed by atoms with van der Waals surface area (Å²) < 4.78 is 50.7. The lowest BCUT2D eigenvalue weighted by Gasteiger charge is -2.33. The molecular formula is C20H19FN2O5S. The number of methoxy groups -OCH3 is 1. The van der Waals surface area contributed by atoms with Gasteiger partial charge in [0, 0.05) is 31.6 Å². The number of halogens is 1. The van der Waals surface area contributed by atoms with Crippen molar-refractivity contribution in [2.24, 2.45) is 0 Å². The number of carbonyl (C=O) groups is 1. The number of carbonyl (C=O) groups excluding carboxylic acids is 1. The van der Waals surface area contributed by atoms with Crippen molar-refractivity contribution in [1.29, 1.82) is 0 Å². The number of rotatable bonds is 4. The number of ether oxygens (including phenoxy) is 1. The number of nitrogens with zero attached hydrogens (tertiary/aromatic N) is 2. The molecule has 0 aliphatic carbocycles. The van der Waals surface area contributed by atoms with Crippen LogP contribution in [-0.4, -0.2) is 56.8 Å². The molecule has 2 aromatic carbocycles. The highest BCUT2D eigenvalue weighted by molar-refractivity contribution is 7.89. The van der Waals surface area contributed by atoms with Crippen molar-refractivity contribution in [2.75, 3.05) is 33.3 Å². The van der Waals surface area contributed by atoms with Crippen molar-refractivity contribution in [3.63, 3.8) is 0 Å². The van der Waals surface area contributed by atoms with Crippen LogP contribution < -0.4 is 4.74 Å². The Kier molecular flexibility index (Phi) is 5.01. The Morgan fingerprint density at radius 1 is 1.07 bits per heavy atom. The largest absolute Gasteiger partial charge is 0.493 e. The van der Waals surface area contributed by atoms with E-state index in [1.54, 1.807) is 17.0 Å². The predicted octanol–water partition coefficient (Wildman–Crippen LogP) is 2.73. The maximum atomic E-state index is 13.1. The van der Waals surface area contributed by atoms with Crippen LogP contribution in [-0.2, 0) is 10.0 Å². The molecule has 29 heavy (non-hydrogen) atoms. The molecule has 1 saturated heterocycles. The molecule has 3 aromatic rings. The Morgan fingerprint density at radius 2 is 1.76 bits per heavy atom. The van der Waals surface area contributed by atoms with E-state index in [-0.39, 0.29) is 42.7 Å². The third kappa shape index (κ3) is 3.58. The van der Waals surface area contributed by atoms with Gasteiger partial charge in [-0.25, -0.2) is 12.8 Å². The quantitative estimate of drug-likeness (QED) is 0.651. The molecular weight excluding hydrogens is 399 g/mol. The van der Waals surface area contributed by atoms with E-state index in [4.69, 9.17) is 9.15 Å². The molecule has 0 atom stereocenters. The van der Waals surface area contributed by atoms with Crippen LogP contribution in [0.4, 0.5) is 4.39 Å². The maximum absolute atomic E-state index is 13.1. The van der Waals surface area contributed by atoms with E-state index in [0.29, 0.717) is 11.3 Å². The highest BCUT2D eigenvalue weighted by Crippen LogP contribution is 2.29. The van der Waals surface area contributed by atoms with Crippen molar-refractivity contribution in [1.82, 2.24) is 9.21 Å². The van der Waals surface area contributed by atoms with Crippen LogP contribution in [0.2, 0.25) is 0 Å². The summed E-state index contributed by atoms with van der Waals surface area (Å²) in [6.45, 7) is 0.755. The summed E-state index contributed by atoms with van der Waals surface area (Å²) in [6, 6.07) is 11.7. The van der Waals surface area contributed by atoms with Gasteiger partial charge in [-0.3, -0.25) is 4.79 Å². The maximum Gasteiger partial charge on any atom is 0.289 e. The van der Waals surface area contributed by atoms with E-state index in [2.05, 4.69) is 0 Å². The molecule has 1 aliphatic heterocycles. The molecule has 152 valence electrons. The van der Waals surface area contributed by atoms with Crippen LogP contribution in [0.3, 0.4) is 0 Å². The van der Waals surface area contributed by atoms with Gasteiger partial charge < -0.3 is 14.1 Å². The van der Waals surface area contributed by atoms with E-state index < -0.39 is 15.8 Å². The van der Waals surface area contributed by atoms with Gasteiger partial charge in [-0.1, -0.05) is 12.1 Å². The molecule has 1 aliphatic rings. The topological polar surface area (TPSA) is 80.1 Å². The third-order valence-corrected chi connectivity index (χ3v) is 6.83. The number of hydrogen-bond donors (Lipinski definition) is 0. The highest BCUT2D eigenvalue weighted by atomic mass is 32.2. The first-order chi connectivity index (χ1) is 13.9. The smallest absolute Gasteiger partial charge is 0.289 e. The number of furan rings is 1. The minimum atomic E-state index is -3.73. The monoisotopic (exact) mass is 418 g/mol. The molecule has 0 unspecified atom stereocenters. The second kappa shape index (κ2) is 7.49. The molecule has 0 saturated carbocycles. The van der Waals surface area contributed by atoms with Crippen molar-refractivity contribution in [3.05, 3.63) is 60.1 Å². The average molecular weight is 418 g/mol. The van der Waals surface area contributed by atoms with E-state index in [0.717, 1.165) is 17.5 Å². The van der Waals surface area contributed by atoms with Crippen molar-refractivity contribution >= 4 is 26.9 Å². The van der Waals surface area contributed by atoms with Gasteiger partial charge in [0.2, 0.25) is 10.0 Å². The number of benzene rings is 2. The van der Waals surface area contributed by atoms with Gasteiger partial charge in [0.25, 0.3) is 5.91 Å². The van der Waals surface area contributed by atoms with Gasteiger partial charge in [0.1, 0.15) is 5.82 Å². The van der Waals surface area contributed by atoms with Crippen LogP contribution in [0, 0.1) is 5.82 Å². The molecule has 0 N–H and O–H groups in total. The summed E-state index contributed by atoms with van der Waals surface area (Å²) in [6.07, 6.45) is 0. The SMILES string of the molecule is COc1cccc2cc(C(=O)N3CCN(S(=O)(=O)c4ccc(F)cc4)CC3)oc12. The van der Waals surface area contributed by atoms with Gasteiger partial charge in [-0.05, 0) is 36.4 Å². The van der Waals surface area contributed by atoms with Crippen molar-refractivity contribution < 1.29 is 26.8 Å². The van der Waals surface area contributed by atoms with Gasteiger partial charge >= 0.3 is 0 Å². The number of piperazine rings is 1. The Balaban J connectivity index is 1.48. The number of hydrogen-bond acceptors (Lipinski definition) is 5. The molecule has 2 heterocycles. The summed E-state index contributed by atoms with van der Waals surface area (Å²) in [4.78, 5) is 14.4. The Bertz CT molecular complexity index is 1150. The normalized spacial score (nSPS) is 15.6. The summed E-state index contributed by atoms with van der Waals surface area (Å²) in [5.74, 6) is -0.0833. The van der Waals surface area contributed by atoms with E-state index in [1.807, 2.05) is 12.1 Å². The van der Waals surface area contributed by atoms with Gasteiger partial charge in [-0.15, -0.1) is 0 Å².